The van der Waals surface area contributed by atoms with Crippen molar-refractivity contribution in [2.24, 2.45) is 0 Å². The summed E-state index contributed by atoms with van der Waals surface area (Å²) < 4.78 is 0. The van der Waals surface area contributed by atoms with Crippen LogP contribution in [-0.2, 0) is 4.79 Å². The lowest BCUT2D eigenvalue weighted by atomic mass is 10.00. The molecule has 1 aliphatic heterocycles. The highest BCUT2D eigenvalue weighted by Crippen LogP contribution is 2.20. The summed E-state index contributed by atoms with van der Waals surface area (Å²) in [5.41, 5.74) is 2.96. The van der Waals surface area contributed by atoms with E-state index in [-0.39, 0.29) is 5.91 Å². The monoisotopic (exact) mass is 216 g/mol. The van der Waals surface area contributed by atoms with Gasteiger partial charge in [0.15, 0.2) is 0 Å². The zero-order valence-electron chi connectivity index (χ0n) is 8.99. The van der Waals surface area contributed by atoms with E-state index in [1.54, 1.807) is 0 Å². The fraction of sp³-hybridized carbons (Fsp3) is 0.900. The van der Waals surface area contributed by atoms with Gasteiger partial charge in [-0.3, -0.25) is 10.2 Å². The van der Waals surface area contributed by atoms with Gasteiger partial charge in [-0.25, -0.2) is 5.01 Å². The van der Waals surface area contributed by atoms with Crippen LogP contribution in [0.1, 0.15) is 39.5 Å². The van der Waals surface area contributed by atoms with Crippen LogP contribution in [0.25, 0.3) is 0 Å². The van der Waals surface area contributed by atoms with E-state index < -0.39 is 0 Å². The van der Waals surface area contributed by atoms with Crippen LogP contribution in [0, 0.1) is 0 Å². The Morgan fingerprint density at radius 1 is 1.43 bits per heavy atom. The van der Waals surface area contributed by atoms with Crippen LogP contribution in [0.2, 0.25) is 0 Å². The van der Waals surface area contributed by atoms with Crippen LogP contribution < -0.4 is 5.43 Å². The quantitative estimate of drug-likeness (QED) is 0.702. The Bertz CT molecular complexity index is 189. The fourth-order valence-electron chi connectivity index (χ4n) is 1.94. The van der Waals surface area contributed by atoms with Crippen LogP contribution in [-0.4, -0.2) is 28.8 Å². The predicted molar refractivity (Wildman–Crippen MR) is 61.2 cm³/mol. The molecule has 0 aromatic rings. The van der Waals surface area contributed by atoms with Crippen LogP contribution in [0.3, 0.4) is 0 Å². The van der Waals surface area contributed by atoms with Gasteiger partial charge < -0.3 is 0 Å². The molecule has 3 nitrogen and oxygen atoms in total. The number of nitrogens with zero attached hydrogens (tertiary/aromatic N) is 1. The fourth-order valence-corrected chi connectivity index (χ4v) is 2.15. The topological polar surface area (TPSA) is 32.3 Å². The molecule has 14 heavy (non-hydrogen) atoms. The molecule has 1 N–H and O–H groups in total. The zero-order chi connectivity index (χ0) is 10.6. The van der Waals surface area contributed by atoms with Crippen molar-refractivity contribution in [2.45, 2.75) is 51.6 Å². The Morgan fingerprint density at radius 2 is 2.00 bits per heavy atom. The summed E-state index contributed by atoms with van der Waals surface area (Å²) in [7, 11) is 0. The third-order valence-corrected chi connectivity index (χ3v) is 3.01. The number of piperidine rings is 1. The second-order valence-electron chi connectivity index (χ2n) is 4.04. The van der Waals surface area contributed by atoms with Crippen molar-refractivity contribution < 1.29 is 4.79 Å². The minimum Gasteiger partial charge on any atom is -0.288 e. The standard InChI is InChI=1S/C10H20N2OS/c1-8-4-3-5-9(2)12(8)11-10(13)6-7-14/h8-9,14H,3-7H2,1-2H3,(H,11,13). The molecule has 0 spiro atoms. The first-order valence-electron chi connectivity index (χ1n) is 5.34. The van der Waals surface area contributed by atoms with Gasteiger partial charge in [0.1, 0.15) is 0 Å². The van der Waals surface area contributed by atoms with Gasteiger partial charge in [0.2, 0.25) is 5.91 Å². The second kappa shape index (κ2) is 5.61. The lowest BCUT2D eigenvalue weighted by Gasteiger charge is -2.38. The van der Waals surface area contributed by atoms with Crippen molar-refractivity contribution in [1.82, 2.24) is 10.4 Å². The minimum atomic E-state index is 0.0839. The summed E-state index contributed by atoms with van der Waals surface area (Å²) in [5.74, 6) is 0.697. The SMILES string of the molecule is CC1CCCC(C)N1NC(=O)CCS. The molecule has 0 saturated carbocycles. The van der Waals surface area contributed by atoms with Crippen LogP contribution in [0.5, 0.6) is 0 Å². The van der Waals surface area contributed by atoms with E-state index in [4.69, 9.17) is 0 Å². The van der Waals surface area contributed by atoms with Crippen LogP contribution in [0.4, 0.5) is 0 Å². The molecule has 4 heteroatoms. The number of amides is 1. The summed E-state index contributed by atoms with van der Waals surface area (Å²) in [6.07, 6.45) is 4.11. The second-order valence-corrected chi connectivity index (χ2v) is 4.49. The lowest BCUT2D eigenvalue weighted by molar-refractivity contribution is -0.128. The van der Waals surface area contributed by atoms with Gasteiger partial charge in [-0.15, -0.1) is 0 Å². The maximum absolute atomic E-state index is 11.4. The number of hydrogen-bond acceptors (Lipinski definition) is 3. The molecule has 0 bridgehead atoms. The Balaban J connectivity index is 2.43. The van der Waals surface area contributed by atoms with Gasteiger partial charge in [0, 0.05) is 18.5 Å². The highest BCUT2D eigenvalue weighted by molar-refractivity contribution is 7.80. The summed E-state index contributed by atoms with van der Waals surface area (Å²) >= 11 is 4.04. The molecule has 0 radical (unpaired) electrons. The van der Waals surface area contributed by atoms with E-state index in [2.05, 4.69) is 36.9 Å². The molecule has 1 saturated heterocycles. The van der Waals surface area contributed by atoms with Crippen molar-refractivity contribution >= 4 is 18.5 Å². The Labute approximate surface area is 91.6 Å². The van der Waals surface area contributed by atoms with Gasteiger partial charge in [-0.2, -0.15) is 12.6 Å². The number of hydrogen-bond donors (Lipinski definition) is 2. The molecule has 1 aliphatic rings. The average molecular weight is 216 g/mol. The maximum Gasteiger partial charge on any atom is 0.235 e. The van der Waals surface area contributed by atoms with E-state index in [0.717, 1.165) is 0 Å². The predicted octanol–water partition coefficient (Wildman–Crippen LogP) is 1.60. The maximum atomic E-state index is 11.4. The lowest BCUT2D eigenvalue weighted by Crippen LogP contribution is -2.54. The van der Waals surface area contributed by atoms with Crippen LogP contribution >= 0.6 is 12.6 Å². The number of carbonyl (C=O) groups excluding carboxylic acids is 1. The molecule has 1 fully saturated rings. The van der Waals surface area contributed by atoms with E-state index in [9.17, 15) is 4.79 Å². The van der Waals surface area contributed by atoms with Gasteiger partial charge in [0.05, 0.1) is 0 Å². The number of thiol groups is 1. The van der Waals surface area contributed by atoms with Gasteiger partial charge in [-0.05, 0) is 32.4 Å². The molecule has 0 aliphatic carbocycles. The average Bonchev–Trinajstić information content (AvgIpc) is 2.12. The first kappa shape index (κ1) is 11.9. The van der Waals surface area contributed by atoms with E-state index in [1.807, 2.05) is 0 Å². The molecular weight excluding hydrogens is 196 g/mol. The summed E-state index contributed by atoms with van der Waals surface area (Å²) in [5, 5.41) is 2.09. The molecule has 82 valence electrons. The molecule has 0 aromatic carbocycles. The van der Waals surface area contributed by atoms with E-state index in [1.165, 1.54) is 19.3 Å². The molecule has 2 unspecified atom stereocenters. The third-order valence-electron chi connectivity index (χ3n) is 2.79. The highest BCUT2D eigenvalue weighted by atomic mass is 32.1. The molecular formula is C10H20N2OS. The molecule has 1 rings (SSSR count). The largest absolute Gasteiger partial charge is 0.288 e. The van der Waals surface area contributed by atoms with Crippen molar-refractivity contribution in [3.8, 4) is 0 Å². The van der Waals surface area contributed by atoms with Crippen LogP contribution in [0.15, 0.2) is 0 Å². The Kier molecular flexibility index (Phi) is 4.75. The first-order valence-corrected chi connectivity index (χ1v) is 5.97. The van der Waals surface area contributed by atoms with Crippen molar-refractivity contribution in [3.63, 3.8) is 0 Å². The number of carbonyl (C=O) groups is 1. The smallest absolute Gasteiger partial charge is 0.235 e. The number of rotatable bonds is 3. The summed E-state index contributed by atoms with van der Waals surface area (Å²) in [6.45, 7) is 4.33. The van der Waals surface area contributed by atoms with Gasteiger partial charge in [0.25, 0.3) is 0 Å². The minimum absolute atomic E-state index is 0.0839. The Hall–Kier alpha value is -0.220. The Morgan fingerprint density at radius 3 is 2.50 bits per heavy atom. The van der Waals surface area contributed by atoms with E-state index >= 15 is 0 Å². The normalized spacial score (nSPS) is 28.8. The molecule has 1 amide bonds. The molecule has 2 atom stereocenters. The number of hydrazine groups is 1. The van der Waals surface area contributed by atoms with Crippen molar-refractivity contribution in [3.05, 3.63) is 0 Å². The van der Waals surface area contributed by atoms with Gasteiger partial charge in [-0.1, -0.05) is 6.42 Å². The summed E-state index contributed by atoms with van der Waals surface area (Å²) in [6, 6.07) is 0.922. The zero-order valence-corrected chi connectivity index (χ0v) is 9.89. The van der Waals surface area contributed by atoms with Crippen molar-refractivity contribution in [1.29, 1.82) is 0 Å². The third kappa shape index (κ3) is 3.17. The highest BCUT2D eigenvalue weighted by Gasteiger charge is 2.25. The van der Waals surface area contributed by atoms with Crippen molar-refractivity contribution in [2.75, 3.05) is 5.75 Å². The molecule has 0 aromatic heterocycles. The van der Waals surface area contributed by atoms with E-state index in [0.29, 0.717) is 24.3 Å². The molecule has 1 heterocycles. The first-order chi connectivity index (χ1) is 6.65. The summed E-state index contributed by atoms with van der Waals surface area (Å²) in [4.78, 5) is 11.4. The number of nitrogens with one attached hydrogen (secondary N) is 1. The van der Waals surface area contributed by atoms with Gasteiger partial charge >= 0.3 is 0 Å².